The van der Waals surface area contributed by atoms with Gasteiger partial charge >= 0.3 is 5.97 Å². The van der Waals surface area contributed by atoms with Crippen molar-refractivity contribution < 1.29 is 19.1 Å². The summed E-state index contributed by atoms with van der Waals surface area (Å²) in [6.45, 7) is 1.87. The molecular formula is C16H17N3O4. The van der Waals surface area contributed by atoms with Gasteiger partial charge in [-0.3, -0.25) is 10.1 Å². The monoisotopic (exact) mass is 315 g/mol. The van der Waals surface area contributed by atoms with Crippen molar-refractivity contribution in [2.24, 2.45) is 4.99 Å². The molecule has 0 bridgehead atoms. The Morgan fingerprint density at radius 3 is 2.87 bits per heavy atom. The van der Waals surface area contributed by atoms with Crippen LogP contribution in [0.4, 0.5) is 0 Å². The minimum absolute atomic E-state index is 0.208. The highest BCUT2D eigenvalue weighted by atomic mass is 16.5. The summed E-state index contributed by atoms with van der Waals surface area (Å²) in [4.78, 5) is 31.1. The van der Waals surface area contributed by atoms with Gasteiger partial charge in [-0.25, -0.2) is 9.79 Å². The number of nitrogens with zero attached hydrogens (tertiary/aromatic N) is 1. The lowest BCUT2D eigenvalue weighted by atomic mass is 9.92. The zero-order valence-electron chi connectivity index (χ0n) is 13.0. The molecule has 1 aliphatic heterocycles. The first-order chi connectivity index (χ1) is 11.1. The fourth-order valence-corrected chi connectivity index (χ4v) is 2.83. The third-order valence-electron chi connectivity index (χ3n) is 4.02. The maximum absolute atomic E-state index is 12.1. The molecule has 23 heavy (non-hydrogen) atoms. The van der Waals surface area contributed by atoms with Crippen LogP contribution in [0.5, 0.6) is 0 Å². The summed E-state index contributed by atoms with van der Waals surface area (Å²) < 4.78 is 10.4. The number of hydrogen-bond donors (Lipinski definition) is 2. The second-order valence-corrected chi connectivity index (χ2v) is 5.31. The molecule has 2 heterocycles. The van der Waals surface area contributed by atoms with Gasteiger partial charge in [0.2, 0.25) is 0 Å². The molecule has 0 spiro atoms. The lowest BCUT2D eigenvalue weighted by Crippen LogP contribution is -2.28. The molecule has 1 aliphatic rings. The SMILES string of the molecule is CN=C1NC(=O)C(C(C)c2c[nH]c3cccc(C(=O)OC)c23)O1. The number of ether oxygens (including phenoxy) is 2. The van der Waals surface area contributed by atoms with Gasteiger partial charge < -0.3 is 14.5 Å². The molecular weight excluding hydrogens is 298 g/mol. The van der Waals surface area contributed by atoms with Crippen LogP contribution in [0.1, 0.15) is 28.8 Å². The molecule has 1 aromatic carbocycles. The van der Waals surface area contributed by atoms with Crippen LogP contribution in [0.25, 0.3) is 10.9 Å². The molecule has 7 heteroatoms. The highest BCUT2D eigenvalue weighted by Crippen LogP contribution is 2.32. The van der Waals surface area contributed by atoms with E-state index in [9.17, 15) is 9.59 Å². The molecule has 0 saturated carbocycles. The van der Waals surface area contributed by atoms with Crippen LogP contribution in [-0.4, -0.2) is 43.1 Å². The van der Waals surface area contributed by atoms with Crippen molar-refractivity contribution in [3.05, 3.63) is 35.5 Å². The van der Waals surface area contributed by atoms with Crippen molar-refractivity contribution in [3.63, 3.8) is 0 Å². The number of methoxy groups -OCH3 is 1. The van der Waals surface area contributed by atoms with Crippen LogP contribution in [-0.2, 0) is 14.3 Å². The van der Waals surface area contributed by atoms with Crippen LogP contribution in [0.15, 0.2) is 29.4 Å². The minimum Gasteiger partial charge on any atom is -0.465 e. The molecule has 2 N–H and O–H groups in total. The molecule has 1 amide bonds. The summed E-state index contributed by atoms with van der Waals surface area (Å²) in [5, 5.41) is 3.32. The number of amides is 1. The summed E-state index contributed by atoms with van der Waals surface area (Å²) >= 11 is 0. The molecule has 2 aromatic rings. The maximum atomic E-state index is 12.1. The number of esters is 1. The maximum Gasteiger partial charge on any atom is 0.338 e. The van der Waals surface area contributed by atoms with Crippen LogP contribution in [0.3, 0.4) is 0 Å². The Bertz CT molecular complexity index is 809. The second kappa shape index (κ2) is 5.75. The smallest absolute Gasteiger partial charge is 0.338 e. The van der Waals surface area contributed by atoms with E-state index >= 15 is 0 Å². The molecule has 2 atom stereocenters. The van der Waals surface area contributed by atoms with E-state index in [1.807, 2.05) is 13.0 Å². The topological polar surface area (TPSA) is 92.8 Å². The molecule has 120 valence electrons. The largest absolute Gasteiger partial charge is 0.465 e. The van der Waals surface area contributed by atoms with Gasteiger partial charge in [0.15, 0.2) is 6.10 Å². The van der Waals surface area contributed by atoms with Crippen molar-refractivity contribution in [2.75, 3.05) is 14.2 Å². The van der Waals surface area contributed by atoms with E-state index in [2.05, 4.69) is 15.3 Å². The lowest BCUT2D eigenvalue weighted by molar-refractivity contribution is -0.124. The number of aromatic amines is 1. The third kappa shape index (κ3) is 2.44. The number of benzene rings is 1. The number of hydrogen-bond acceptors (Lipinski definition) is 5. The highest BCUT2D eigenvalue weighted by Gasteiger charge is 2.37. The number of carbonyl (C=O) groups is 2. The average molecular weight is 315 g/mol. The number of aromatic nitrogens is 1. The Hall–Kier alpha value is -2.83. The number of nitrogens with one attached hydrogen (secondary N) is 2. The van der Waals surface area contributed by atoms with Crippen LogP contribution in [0, 0.1) is 0 Å². The Morgan fingerprint density at radius 2 is 2.22 bits per heavy atom. The van der Waals surface area contributed by atoms with E-state index < -0.39 is 12.1 Å². The van der Waals surface area contributed by atoms with Crippen molar-refractivity contribution in [1.82, 2.24) is 10.3 Å². The van der Waals surface area contributed by atoms with Crippen LogP contribution < -0.4 is 5.32 Å². The van der Waals surface area contributed by atoms with Gasteiger partial charge in [-0.1, -0.05) is 13.0 Å². The fourth-order valence-electron chi connectivity index (χ4n) is 2.83. The average Bonchev–Trinajstić information content (AvgIpc) is 3.16. The number of amidine groups is 1. The molecule has 3 rings (SSSR count). The zero-order chi connectivity index (χ0) is 16.6. The van der Waals surface area contributed by atoms with Crippen molar-refractivity contribution in [3.8, 4) is 0 Å². The fraction of sp³-hybridized carbons (Fsp3) is 0.312. The number of carbonyl (C=O) groups excluding carboxylic acids is 2. The van der Waals surface area contributed by atoms with Gasteiger partial charge in [0, 0.05) is 30.1 Å². The normalized spacial score (nSPS) is 20.4. The second-order valence-electron chi connectivity index (χ2n) is 5.31. The molecule has 0 radical (unpaired) electrons. The molecule has 1 fully saturated rings. The Morgan fingerprint density at radius 1 is 1.43 bits per heavy atom. The predicted octanol–water partition coefficient (Wildman–Crippen LogP) is 1.56. The molecule has 1 saturated heterocycles. The Balaban J connectivity index is 2.06. The summed E-state index contributed by atoms with van der Waals surface area (Å²) in [6, 6.07) is 5.55. The van der Waals surface area contributed by atoms with Gasteiger partial charge in [-0.15, -0.1) is 0 Å². The quantitative estimate of drug-likeness (QED) is 0.841. The molecule has 1 aromatic heterocycles. The number of fused-ring (bicyclic) bond motifs is 1. The first-order valence-electron chi connectivity index (χ1n) is 7.19. The van der Waals surface area contributed by atoms with Crippen molar-refractivity contribution in [2.45, 2.75) is 18.9 Å². The lowest BCUT2D eigenvalue weighted by Gasteiger charge is -2.16. The Labute approximate surface area is 132 Å². The number of aliphatic imine (C=N–C) groups is 1. The zero-order valence-corrected chi connectivity index (χ0v) is 13.0. The standard InChI is InChI=1S/C16H17N3O4/c1-8(13-14(20)19-16(17-2)23-13)10-7-18-11-6-4-5-9(12(10)11)15(21)22-3/h4-8,13,18H,1-3H3,(H,17,19,20). The predicted molar refractivity (Wildman–Crippen MR) is 84.4 cm³/mol. The number of rotatable bonds is 3. The van der Waals surface area contributed by atoms with Crippen molar-refractivity contribution in [1.29, 1.82) is 0 Å². The van der Waals surface area contributed by atoms with E-state index in [1.165, 1.54) is 7.11 Å². The van der Waals surface area contributed by atoms with Gasteiger partial charge in [-0.2, -0.15) is 0 Å². The van der Waals surface area contributed by atoms with E-state index in [0.29, 0.717) is 5.56 Å². The molecule has 7 nitrogen and oxygen atoms in total. The van der Waals surface area contributed by atoms with E-state index in [0.717, 1.165) is 16.5 Å². The van der Waals surface area contributed by atoms with E-state index in [1.54, 1.807) is 25.4 Å². The van der Waals surface area contributed by atoms with Gasteiger partial charge in [0.05, 0.1) is 12.7 Å². The van der Waals surface area contributed by atoms with Crippen LogP contribution in [0.2, 0.25) is 0 Å². The van der Waals surface area contributed by atoms with E-state index in [4.69, 9.17) is 9.47 Å². The van der Waals surface area contributed by atoms with Crippen molar-refractivity contribution >= 4 is 28.8 Å². The summed E-state index contributed by atoms with van der Waals surface area (Å²) in [5.74, 6) is -0.937. The van der Waals surface area contributed by atoms with Gasteiger partial charge in [0.25, 0.3) is 11.9 Å². The third-order valence-corrected chi connectivity index (χ3v) is 4.02. The first-order valence-corrected chi connectivity index (χ1v) is 7.19. The first kappa shape index (κ1) is 15.1. The molecule has 2 unspecified atom stereocenters. The summed E-state index contributed by atoms with van der Waals surface area (Å²) in [6.07, 6.45) is 1.10. The molecule has 0 aliphatic carbocycles. The van der Waals surface area contributed by atoms with E-state index in [-0.39, 0.29) is 17.8 Å². The van der Waals surface area contributed by atoms with Gasteiger partial charge in [0.1, 0.15) is 0 Å². The van der Waals surface area contributed by atoms with Crippen LogP contribution >= 0.6 is 0 Å². The number of H-pyrrole nitrogens is 1. The summed E-state index contributed by atoms with van der Waals surface area (Å²) in [7, 11) is 2.89. The highest BCUT2D eigenvalue weighted by molar-refractivity contribution is 6.06. The van der Waals surface area contributed by atoms with Gasteiger partial charge in [-0.05, 0) is 17.7 Å². The Kier molecular flexibility index (Phi) is 3.77. The minimum atomic E-state index is -0.696. The summed E-state index contributed by atoms with van der Waals surface area (Å²) in [5.41, 5.74) is 2.08.